The molecule has 12 heteroatoms. The van der Waals surface area contributed by atoms with Crippen molar-refractivity contribution in [2.75, 3.05) is 19.6 Å². The number of aromatic amines is 1. The predicted molar refractivity (Wildman–Crippen MR) is 175 cm³/mol. The summed E-state index contributed by atoms with van der Waals surface area (Å²) in [6.45, 7) is 4.75. The molecule has 3 aromatic rings. The number of benzene rings is 2. The van der Waals surface area contributed by atoms with Crippen LogP contribution in [-0.4, -0.2) is 74.2 Å². The first kappa shape index (κ1) is 33.7. The molecule has 2 aromatic carbocycles. The third-order valence-corrected chi connectivity index (χ3v) is 9.78. The summed E-state index contributed by atoms with van der Waals surface area (Å²) in [4.78, 5) is 45.5. The van der Waals surface area contributed by atoms with E-state index < -0.39 is 23.4 Å². The van der Waals surface area contributed by atoms with Crippen LogP contribution in [0.25, 0.3) is 11.4 Å². The van der Waals surface area contributed by atoms with Crippen LogP contribution in [0, 0.1) is 5.92 Å². The van der Waals surface area contributed by atoms with Gasteiger partial charge >= 0.3 is 5.76 Å². The van der Waals surface area contributed by atoms with E-state index in [2.05, 4.69) is 31.8 Å². The lowest BCUT2D eigenvalue weighted by atomic mass is 9.78. The smallest absolute Gasteiger partial charge is 0.439 e. The summed E-state index contributed by atoms with van der Waals surface area (Å²) in [5.41, 5.74) is 0.987. The highest BCUT2D eigenvalue weighted by Crippen LogP contribution is 2.36. The van der Waals surface area contributed by atoms with Gasteiger partial charge in [0.25, 0.3) is 0 Å². The van der Waals surface area contributed by atoms with Crippen LogP contribution in [0.5, 0.6) is 11.5 Å². The van der Waals surface area contributed by atoms with Crippen molar-refractivity contribution < 1.29 is 24.0 Å². The first-order chi connectivity index (χ1) is 21.9. The van der Waals surface area contributed by atoms with Gasteiger partial charge in [0.1, 0.15) is 23.1 Å². The number of rotatable bonds is 10. The van der Waals surface area contributed by atoms with E-state index in [-0.39, 0.29) is 30.1 Å². The average Bonchev–Trinajstić information content (AvgIpc) is 3.51. The van der Waals surface area contributed by atoms with Crippen molar-refractivity contribution in [3.05, 3.63) is 64.6 Å². The van der Waals surface area contributed by atoms with Crippen LogP contribution >= 0.6 is 12.4 Å². The summed E-state index contributed by atoms with van der Waals surface area (Å²) in [6.07, 6.45) is 7.18. The minimum Gasteiger partial charge on any atom is -0.457 e. The maximum atomic E-state index is 13.9. The van der Waals surface area contributed by atoms with E-state index in [9.17, 15) is 19.5 Å². The normalized spacial score (nSPS) is 21.1. The van der Waals surface area contributed by atoms with Gasteiger partial charge in [-0.2, -0.15) is 0 Å². The average molecular weight is 654 g/mol. The molecule has 1 aromatic heterocycles. The van der Waals surface area contributed by atoms with Gasteiger partial charge in [-0.3, -0.25) is 24.0 Å². The van der Waals surface area contributed by atoms with Crippen LogP contribution < -0.4 is 15.8 Å². The number of aliphatic hydroxyl groups is 1. The van der Waals surface area contributed by atoms with Crippen LogP contribution in [0.2, 0.25) is 0 Å². The van der Waals surface area contributed by atoms with Crippen molar-refractivity contribution in [3.63, 3.8) is 0 Å². The quantitative estimate of drug-likeness (QED) is 0.287. The van der Waals surface area contributed by atoms with Gasteiger partial charge < -0.3 is 20.1 Å². The highest BCUT2D eigenvalue weighted by atomic mass is 35.5. The van der Waals surface area contributed by atoms with Crippen molar-refractivity contribution >= 4 is 24.2 Å². The number of piperidine rings is 1. The van der Waals surface area contributed by atoms with E-state index in [1.54, 1.807) is 24.3 Å². The predicted octanol–water partition coefficient (Wildman–Crippen LogP) is 4.65. The standard InChI is InChI=1S/C34H43N5O6.ClH/c1-2-3-19-39-31(41)28(29(40)24-7-5-4-6-8-24)35-32(42)34(39)17-20-38(21-18-34)22-23-9-13-26(14-10-23)44-27-15-11-25(12-16-27)30-36-33(43)45-37-30;/h9-16,24,28-29,40H,2-8,17-22H2,1H3,(H,35,42)(H,36,37,43);1H/t28-,29-;/m1./s1. The number of H-pyrrole nitrogens is 1. The largest absolute Gasteiger partial charge is 0.457 e. The first-order valence-electron chi connectivity index (χ1n) is 16.3. The molecule has 2 atom stereocenters. The fourth-order valence-electron chi connectivity index (χ4n) is 7.13. The Morgan fingerprint density at radius 1 is 1.00 bits per heavy atom. The van der Waals surface area contributed by atoms with E-state index in [1.165, 1.54) is 6.42 Å². The van der Waals surface area contributed by atoms with Gasteiger partial charge in [-0.05, 0) is 80.0 Å². The van der Waals surface area contributed by atoms with Crippen molar-refractivity contribution in [3.8, 4) is 22.9 Å². The van der Waals surface area contributed by atoms with Crippen LogP contribution in [0.4, 0.5) is 0 Å². The molecule has 3 aliphatic rings. The Bertz CT molecular complexity index is 1510. The third-order valence-electron chi connectivity index (χ3n) is 9.78. The zero-order chi connectivity index (χ0) is 31.4. The Kier molecular flexibility index (Phi) is 10.9. The number of carbonyl (C=O) groups excluding carboxylic acids is 2. The molecule has 0 bridgehead atoms. The number of amides is 2. The zero-order valence-electron chi connectivity index (χ0n) is 26.3. The van der Waals surface area contributed by atoms with Gasteiger partial charge in [0.15, 0.2) is 5.82 Å². The molecule has 0 unspecified atom stereocenters. The summed E-state index contributed by atoms with van der Waals surface area (Å²) < 4.78 is 10.6. The van der Waals surface area contributed by atoms with E-state index in [4.69, 9.17) is 4.74 Å². The SMILES string of the molecule is CCCCN1C(=O)[C@@H]([C@H](O)C2CCCCC2)NC(=O)C12CCN(Cc1ccc(Oc3ccc(-c4noc(=O)[nH]4)cc3)cc1)CC2.Cl. The molecule has 11 nitrogen and oxygen atoms in total. The second kappa shape index (κ2) is 14.8. The minimum atomic E-state index is -0.859. The van der Waals surface area contributed by atoms with Crippen molar-refractivity contribution in [1.82, 2.24) is 25.3 Å². The summed E-state index contributed by atoms with van der Waals surface area (Å²) in [5.74, 6) is 0.952. The first-order valence-corrected chi connectivity index (χ1v) is 16.3. The molecule has 248 valence electrons. The fraction of sp³-hybridized carbons (Fsp3) is 0.529. The van der Waals surface area contributed by atoms with Crippen LogP contribution in [-0.2, 0) is 16.1 Å². The van der Waals surface area contributed by atoms with Gasteiger partial charge in [0.2, 0.25) is 11.8 Å². The fourth-order valence-corrected chi connectivity index (χ4v) is 7.13. The molecular weight excluding hydrogens is 610 g/mol. The number of hydrogen-bond donors (Lipinski definition) is 3. The molecule has 1 spiro atoms. The lowest BCUT2D eigenvalue weighted by molar-refractivity contribution is -0.166. The molecule has 0 radical (unpaired) electrons. The number of nitrogens with one attached hydrogen (secondary N) is 2. The topological polar surface area (TPSA) is 141 Å². The molecule has 2 aliphatic heterocycles. The number of ether oxygens (including phenoxy) is 1. The monoisotopic (exact) mass is 653 g/mol. The number of piperazine rings is 1. The Labute approximate surface area is 275 Å². The zero-order valence-corrected chi connectivity index (χ0v) is 27.1. The molecule has 3 heterocycles. The molecule has 46 heavy (non-hydrogen) atoms. The summed E-state index contributed by atoms with van der Waals surface area (Å²) in [7, 11) is 0. The lowest BCUT2D eigenvalue weighted by Crippen LogP contribution is -2.75. The molecule has 3 fully saturated rings. The number of nitrogens with zero attached hydrogens (tertiary/aromatic N) is 3. The number of likely N-dealkylation sites (tertiary alicyclic amines) is 1. The number of unbranched alkanes of at least 4 members (excludes halogenated alkanes) is 1. The number of halogens is 1. The van der Waals surface area contributed by atoms with Gasteiger partial charge in [-0.15, -0.1) is 12.4 Å². The lowest BCUT2D eigenvalue weighted by Gasteiger charge is -2.52. The molecule has 3 N–H and O–H groups in total. The van der Waals surface area contributed by atoms with Crippen LogP contribution in [0.1, 0.15) is 70.3 Å². The van der Waals surface area contributed by atoms with E-state index in [0.29, 0.717) is 55.4 Å². The summed E-state index contributed by atoms with van der Waals surface area (Å²) >= 11 is 0. The minimum absolute atomic E-state index is 0. The van der Waals surface area contributed by atoms with Gasteiger partial charge in [-0.1, -0.05) is 49.9 Å². The summed E-state index contributed by atoms with van der Waals surface area (Å²) in [5, 5.41) is 17.9. The van der Waals surface area contributed by atoms with Crippen molar-refractivity contribution in [2.24, 2.45) is 5.92 Å². The number of aromatic nitrogens is 2. The Balaban J connectivity index is 0.00000417. The number of carbonyl (C=O) groups is 2. The summed E-state index contributed by atoms with van der Waals surface area (Å²) in [6, 6.07) is 14.3. The van der Waals surface area contributed by atoms with E-state index in [0.717, 1.165) is 50.6 Å². The molecular formula is C34H44ClN5O6. The van der Waals surface area contributed by atoms with E-state index in [1.807, 2.05) is 29.2 Å². The Hall–Kier alpha value is -3.67. The molecule has 1 aliphatic carbocycles. The van der Waals surface area contributed by atoms with Crippen LogP contribution in [0.15, 0.2) is 57.8 Å². The molecule has 2 amide bonds. The molecule has 2 saturated heterocycles. The maximum absolute atomic E-state index is 13.9. The molecule has 1 saturated carbocycles. The Morgan fingerprint density at radius 3 is 2.26 bits per heavy atom. The van der Waals surface area contributed by atoms with Gasteiger partial charge in [0.05, 0.1) is 6.10 Å². The second-order valence-corrected chi connectivity index (χ2v) is 12.7. The van der Waals surface area contributed by atoms with Crippen LogP contribution in [0.3, 0.4) is 0 Å². The third kappa shape index (κ3) is 7.16. The number of hydrogen-bond acceptors (Lipinski definition) is 8. The number of aliphatic hydroxyl groups excluding tert-OH is 1. The van der Waals surface area contributed by atoms with Crippen molar-refractivity contribution in [1.29, 1.82) is 0 Å². The Morgan fingerprint density at radius 2 is 1.65 bits per heavy atom. The molecule has 6 rings (SSSR count). The van der Waals surface area contributed by atoms with E-state index >= 15 is 0 Å². The highest BCUT2D eigenvalue weighted by Gasteiger charge is 2.55. The second-order valence-electron chi connectivity index (χ2n) is 12.7. The maximum Gasteiger partial charge on any atom is 0.439 e. The van der Waals surface area contributed by atoms with Crippen molar-refractivity contribution in [2.45, 2.75) is 88.9 Å². The highest BCUT2D eigenvalue weighted by molar-refractivity contribution is 6.00. The van der Waals surface area contributed by atoms with Gasteiger partial charge in [0, 0.05) is 31.7 Å². The van der Waals surface area contributed by atoms with Gasteiger partial charge in [-0.25, -0.2) is 4.79 Å².